The van der Waals surface area contributed by atoms with Crippen LogP contribution in [0.2, 0.25) is 0 Å². The zero-order chi connectivity index (χ0) is 13.0. The third-order valence-corrected chi connectivity index (χ3v) is 2.43. The summed E-state index contributed by atoms with van der Waals surface area (Å²) in [5.41, 5.74) is 5.93. The first-order chi connectivity index (χ1) is 7.91. The Bertz CT molecular complexity index is 443. The van der Waals surface area contributed by atoms with E-state index in [4.69, 9.17) is 5.73 Å². The monoisotopic (exact) mass is 236 g/mol. The first kappa shape index (κ1) is 13.0. The lowest BCUT2D eigenvalue weighted by Gasteiger charge is -2.13. The molecule has 0 radical (unpaired) electrons. The molecule has 0 spiro atoms. The van der Waals surface area contributed by atoms with Crippen LogP contribution in [0.4, 0.5) is 0 Å². The third kappa shape index (κ3) is 3.48. The molecule has 17 heavy (non-hydrogen) atoms. The smallest absolute Gasteiger partial charge is 0.251 e. The average molecular weight is 236 g/mol. The average Bonchev–Trinajstić information content (AvgIpc) is 2.20. The van der Waals surface area contributed by atoms with E-state index in [-0.39, 0.29) is 24.1 Å². The molecule has 0 aliphatic carbocycles. The molecule has 1 rings (SSSR count). The van der Waals surface area contributed by atoms with Crippen LogP contribution in [-0.4, -0.2) is 23.0 Å². The quantitative estimate of drug-likeness (QED) is 0.718. The minimum atomic E-state index is -0.467. The number of aromatic hydroxyl groups is 1. The summed E-state index contributed by atoms with van der Waals surface area (Å²) in [7, 11) is 0. The molecule has 1 aromatic carbocycles. The molecule has 0 fully saturated rings. The maximum Gasteiger partial charge on any atom is 0.251 e. The van der Waals surface area contributed by atoms with Gasteiger partial charge >= 0.3 is 0 Å². The molecule has 0 saturated heterocycles. The summed E-state index contributed by atoms with van der Waals surface area (Å²) in [6.07, 6.45) is 0.0869. The highest BCUT2D eigenvalue weighted by molar-refractivity contribution is 5.96. The van der Waals surface area contributed by atoms with Gasteiger partial charge in [-0.1, -0.05) is 6.07 Å². The fraction of sp³-hybridized carbons (Fsp3) is 0.333. The fourth-order valence-electron chi connectivity index (χ4n) is 1.52. The van der Waals surface area contributed by atoms with E-state index in [1.54, 1.807) is 26.0 Å². The molecule has 1 atom stereocenters. The van der Waals surface area contributed by atoms with Crippen molar-refractivity contribution >= 4 is 11.8 Å². The largest absolute Gasteiger partial charge is 0.508 e. The Hall–Kier alpha value is -2.04. The van der Waals surface area contributed by atoms with E-state index >= 15 is 0 Å². The van der Waals surface area contributed by atoms with Crippen LogP contribution in [0, 0.1) is 6.92 Å². The summed E-state index contributed by atoms with van der Waals surface area (Å²) < 4.78 is 0. The van der Waals surface area contributed by atoms with Gasteiger partial charge < -0.3 is 16.2 Å². The lowest BCUT2D eigenvalue weighted by molar-refractivity contribution is -0.118. The maximum absolute atomic E-state index is 11.8. The van der Waals surface area contributed by atoms with E-state index in [2.05, 4.69) is 5.32 Å². The summed E-state index contributed by atoms with van der Waals surface area (Å²) in [5.74, 6) is -0.724. The minimum Gasteiger partial charge on any atom is -0.508 e. The molecule has 0 saturated carbocycles. The number of amides is 2. The Kier molecular flexibility index (Phi) is 4.09. The third-order valence-electron chi connectivity index (χ3n) is 2.43. The number of rotatable bonds is 4. The van der Waals surface area contributed by atoms with Crippen molar-refractivity contribution in [2.75, 3.05) is 0 Å². The summed E-state index contributed by atoms with van der Waals surface area (Å²) >= 11 is 0. The molecular weight excluding hydrogens is 220 g/mol. The predicted octanol–water partition coefficient (Wildman–Crippen LogP) is 0.694. The number of hydrogen-bond donors (Lipinski definition) is 3. The first-order valence-electron chi connectivity index (χ1n) is 5.29. The highest BCUT2D eigenvalue weighted by atomic mass is 16.3. The van der Waals surface area contributed by atoms with Gasteiger partial charge in [-0.3, -0.25) is 9.59 Å². The van der Waals surface area contributed by atoms with E-state index in [1.165, 1.54) is 6.07 Å². The van der Waals surface area contributed by atoms with Crippen LogP contribution in [0.5, 0.6) is 5.75 Å². The predicted molar refractivity (Wildman–Crippen MR) is 63.6 cm³/mol. The van der Waals surface area contributed by atoms with Gasteiger partial charge in [-0.05, 0) is 26.0 Å². The summed E-state index contributed by atoms with van der Waals surface area (Å²) in [5, 5.41) is 12.1. The van der Waals surface area contributed by atoms with E-state index < -0.39 is 5.91 Å². The van der Waals surface area contributed by atoms with Crippen LogP contribution in [0.15, 0.2) is 18.2 Å². The minimum absolute atomic E-state index is 0.0696. The Morgan fingerprint density at radius 3 is 2.71 bits per heavy atom. The number of carbonyl (C=O) groups excluding carboxylic acids is 2. The number of nitrogens with two attached hydrogens (primary N) is 1. The van der Waals surface area contributed by atoms with Gasteiger partial charge in [0.2, 0.25) is 5.91 Å². The van der Waals surface area contributed by atoms with Gasteiger partial charge in [0, 0.05) is 23.6 Å². The molecule has 0 aliphatic rings. The molecule has 2 amide bonds. The number of carbonyl (C=O) groups is 2. The summed E-state index contributed by atoms with van der Waals surface area (Å²) in [6.45, 7) is 3.35. The lowest BCUT2D eigenvalue weighted by Crippen LogP contribution is -2.36. The van der Waals surface area contributed by atoms with Crippen molar-refractivity contribution in [3.05, 3.63) is 29.3 Å². The molecule has 0 bridgehead atoms. The Balaban J connectivity index is 2.77. The SMILES string of the molecule is Cc1c(O)cccc1C(=O)NC(C)CC(N)=O. The van der Waals surface area contributed by atoms with Gasteiger partial charge in [-0.2, -0.15) is 0 Å². The molecule has 92 valence electrons. The van der Waals surface area contributed by atoms with Crippen molar-refractivity contribution in [1.29, 1.82) is 0 Å². The number of hydrogen-bond acceptors (Lipinski definition) is 3. The highest BCUT2D eigenvalue weighted by Crippen LogP contribution is 2.19. The molecule has 1 aromatic rings. The van der Waals surface area contributed by atoms with Crippen LogP contribution in [0.3, 0.4) is 0 Å². The van der Waals surface area contributed by atoms with Crippen molar-refractivity contribution in [3.63, 3.8) is 0 Å². The van der Waals surface area contributed by atoms with Crippen molar-refractivity contribution in [2.24, 2.45) is 5.73 Å². The Labute approximate surface area is 99.6 Å². The van der Waals surface area contributed by atoms with Crippen LogP contribution >= 0.6 is 0 Å². The first-order valence-corrected chi connectivity index (χ1v) is 5.29. The lowest BCUT2D eigenvalue weighted by atomic mass is 10.1. The maximum atomic E-state index is 11.8. The van der Waals surface area contributed by atoms with Gasteiger partial charge in [-0.15, -0.1) is 0 Å². The molecule has 0 heterocycles. The van der Waals surface area contributed by atoms with Crippen molar-refractivity contribution in [3.8, 4) is 5.75 Å². The van der Waals surface area contributed by atoms with Crippen LogP contribution in [-0.2, 0) is 4.79 Å². The molecule has 4 N–H and O–H groups in total. The van der Waals surface area contributed by atoms with Gasteiger partial charge in [0.1, 0.15) is 5.75 Å². The zero-order valence-electron chi connectivity index (χ0n) is 9.86. The number of primary amides is 1. The standard InChI is InChI=1S/C12H16N2O3/c1-7(6-11(13)16)14-12(17)9-4-3-5-10(15)8(9)2/h3-5,7,15H,6H2,1-2H3,(H2,13,16)(H,14,17). The molecule has 0 aliphatic heterocycles. The van der Waals surface area contributed by atoms with Crippen LogP contribution < -0.4 is 11.1 Å². The second-order valence-electron chi connectivity index (χ2n) is 3.99. The van der Waals surface area contributed by atoms with Crippen LogP contribution in [0.1, 0.15) is 29.3 Å². The molecule has 5 heteroatoms. The van der Waals surface area contributed by atoms with E-state index in [9.17, 15) is 14.7 Å². The number of phenolic OH excluding ortho intramolecular Hbond substituents is 1. The second-order valence-corrected chi connectivity index (χ2v) is 3.99. The molecule has 1 unspecified atom stereocenters. The Morgan fingerprint density at radius 1 is 1.47 bits per heavy atom. The molecule has 5 nitrogen and oxygen atoms in total. The van der Waals surface area contributed by atoms with E-state index in [0.717, 1.165) is 0 Å². The topological polar surface area (TPSA) is 92.4 Å². The van der Waals surface area contributed by atoms with Crippen LogP contribution in [0.25, 0.3) is 0 Å². The molecule has 0 aromatic heterocycles. The van der Waals surface area contributed by atoms with Gasteiger partial charge in [0.05, 0.1) is 0 Å². The summed E-state index contributed by atoms with van der Waals surface area (Å²) in [6, 6.07) is 4.39. The normalized spacial score (nSPS) is 11.9. The summed E-state index contributed by atoms with van der Waals surface area (Å²) in [4.78, 5) is 22.5. The van der Waals surface area contributed by atoms with Gasteiger partial charge in [0.15, 0.2) is 0 Å². The highest BCUT2D eigenvalue weighted by Gasteiger charge is 2.14. The second kappa shape index (κ2) is 5.34. The van der Waals surface area contributed by atoms with Gasteiger partial charge in [-0.25, -0.2) is 0 Å². The van der Waals surface area contributed by atoms with Gasteiger partial charge in [0.25, 0.3) is 5.91 Å². The Morgan fingerprint density at radius 2 is 2.12 bits per heavy atom. The van der Waals surface area contributed by atoms with E-state index in [0.29, 0.717) is 11.1 Å². The number of benzene rings is 1. The van der Waals surface area contributed by atoms with Crippen molar-refractivity contribution in [2.45, 2.75) is 26.3 Å². The van der Waals surface area contributed by atoms with Crippen molar-refractivity contribution < 1.29 is 14.7 Å². The van der Waals surface area contributed by atoms with E-state index in [1.807, 2.05) is 0 Å². The fourth-order valence-corrected chi connectivity index (χ4v) is 1.52. The number of phenols is 1. The number of nitrogens with one attached hydrogen (secondary N) is 1. The molecular formula is C12H16N2O3. The zero-order valence-corrected chi connectivity index (χ0v) is 9.86. The van der Waals surface area contributed by atoms with Crippen molar-refractivity contribution in [1.82, 2.24) is 5.32 Å².